The zero-order valence-corrected chi connectivity index (χ0v) is 11.4. The number of hydrogen-bond donors (Lipinski definition) is 0. The SMILES string of the molecule is CC(C)(C)c1cccc(OCCC(=O)CCl)c1. The van der Waals surface area contributed by atoms with Crippen molar-refractivity contribution in [1.82, 2.24) is 0 Å². The molecule has 0 aliphatic carbocycles. The molecule has 0 saturated heterocycles. The van der Waals surface area contributed by atoms with Gasteiger partial charge < -0.3 is 4.74 Å². The molecule has 0 spiro atoms. The molecule has 3 heteroatoms. The lowest BCUT2D eigenvalue weighted by Crippen LogP contribution is -2.11. The zero-order chi connectivity index (χ0) is 12.9. The third-order valence-electron chi connectivity index (χ3n) is 2.50. The molecule has 0 amide bonds. The lowest BCUT2D eigenvalue weighted by molar-refractivity contribution is -0.117. The lowest BCUT2D eigenvalue weighted by atomic mass is 9.87. The number of ether oxygens (including phenoxy) is 1. The van der Waals surface area contributed by atoms with Crippen LogP contribution in [0.25, 0.3) is 0 Å². The van der Waals surface area contributed by atoms with E-state index in [1.165, 1.54) is 5.56 Å². The molecule has 1 aromatic carbocycles. The Morgan fingerprint density at radius 1 is 1.35 bits per heavy atom. The Bertz CT molecular complexity index is 380. The van der Waals surface area contributed by atoms with Crippen LogP contribution in [0.15, 0.2) is 24.3 Å². The molecule has 0 radical (unpaired) electrons. The fourth-order valence-electron chi connectivity index (χ4n) is 1.40. The molecule has 0 aliphatic rings. The lowest BCUT2D eigenvalue weighted by Gasteiger charge is -2.19. The van der Waals surface area contributed by atoms with Gasteiger partial charge in [-0.05, 0) is 23.1 Å². The predicted octanol–water partition coefficient (Wildman–Crippen LogP) is 3.56. The highest BCUT2D eigenvalue weighted by Crippen LogP contribution is 2.25. The fraction of sp³-hybridized carbons (Fsp3) is 0.500. The number of hydrogen-bond acceptors (Lipinski definition) is 2. The normalized spacial score (nSPS) is 11.3. The average Bonchev–Trinajstić information content (AvgIpc) is 2.28. The summed E-state index contributed by atoms with van der Waals surface area (Å²) in [4.78, 5) is 11.0. The van der Waals surface area contributed by atoms with Crippen LogP contribution in [-0.2, 0) is 10.2 Å². The van der Waals surface area contributed by atoms with E-state index in [9.17, 15) is 4.79 Å². The van der Waals surface area contributed by atoms with Crippen molar-refractivity contribution < 1.29 is 9.53 Å². The van der Waals surface area contributed by atoms with Gasteiger partial charge in [0.2, 0.25) is 0 Å². The summed E-state index contributed by atoms with van der Waals surface area (Å²) in [7, 11) is 0. The van der Waals surface area contributed by atoms with Crippen LogP contribution in [0.3, 0.4) is 0 Å². The number of benzene rings is 1. The Hall–Kier alpha value is -1.02. The summed E-state index contributed by atoms with van der Waals surface area (Å²) >= 11 is 5.41. The van der Waals surface area contributed by atoms with Gasteiger partial charge in [0, 0.05) is 6.42 Å². The van der Waals surface area contributed by atoms with Crippen LogP contribution in [0.4, 0.5) is 0 Å². The number of rotatable bonds is 5. The maximum atomic E-state index is 11.0. The third-order valence-corrected chi connectivity index (χ3v) is 2.80. The van der Waals surface area contributed by atoms with E-state index in [1.807, 2.05) is 18.2 Å². The molecule has 0 unspecified atom stereocenters. The summed E-state index contributed by atoms with van der Waals surface area (Å²) in [6.07, 6.45) is 0.364. The fourth-order valence-corrected chi connectivity index (χ4v) is 1.54. The molecule has 1 aromatic rings. The van der Waals surface area contributed by atoms with Crippen molar-refractivity contribution in [3.05, 3.63) is 29.8 Å². The molecule has 0 heterocycles. The van der Waals surface area contributed by atoms with Crippen LogP contribution in [0, 0.1) is 0 Å². The van der Waals surface area contributed by atoms with E-state index in [1.54, 1.807) is 0 Å². The second-order valence-corrected chi connectivity index (χ2v) is 5.32. The van der Waals surface area contributed by atoms with Crippen molar-refractivity contribution in [2.45, 2.75) is 32.6 Å². The van der Waals surface area contributed by atoms with Gasteiger partial charge in [-0.1, -0.05) is 32.9 Å². The Morgan fingerprint density at radius 2 is 2.06 bits per heavy atom. The zero-order valence-electron chi connectivity index (χ0n) is 10.6. The summed E-state index contributed by atoms with van der Waals surface area (Å²) < 4.78 is 5.53. The Balaban J connectivity index is 2.58. The first-order chi connectivity index (χ1) is 7.93. The van der Waals surface area contributed by atoms with Crippen LogP contribution in [0.5, 0.6) is 5.75 Å². The first-order valence-corrected chi connectivity index (χ1v) is 6.28. The summed E-state index contributed by atoms with van der Waals surface area (Å²) in [6, 6.07) is 7.97. The van der Waals surface area contributed by atoms with Gasteiger partial charge in [0.15, 0.2) is 5.78 Å². The van der Waals surface area contributed by atoms with E-state index in [0.717, 1.165) is 5.75 Å². The molecule has 2 nitrogen and oxygen atoms in total. The van der Waals surface area contributed by atoms with Gasteiger partial charge >= 0.3 is 0 Å². The molecule has 0 fully saturated rings. The number of alkyl halides is 1. The molecule has 0 N–H and O–H groups in total. The van der Waals surface area contributed by atoms with Crippen LogP contribution in [-0.4, -0.2) is 18.3 Å². The molecular formula is C14H19ClO2. The van der Waals surface area contributed by atoms with Crippen LogP contribution < -0.4 is 4.74 Å². The quantitative estimate of drug-likeness (QED) is 0.751. The van der Waals surface area contributed by atoms with Crippen molar-refractivity contribution in [3.63, 3.8) is 0 Å². The van der Waals surface area contributed by atoms with Gasteiger partial charge in [0.05, 0.1) is 12.5 Å². The van der Waals surface area contributed by atoms with Gasteiger partial charge in [0.25, 0.3) is 0 Å². The van der Waals surface area contributed by atoms with Gasteiger partial charge in [-0.25, -0.2) is 0 Å². The summed E-state index contributed by atoms with van der Waals surface area (Å²) in [5, 5.41) is 0. The molecule has 1 rings (SSSR count). The number of carbonyl (C=O) groups excluding carboxylic acids is 1. The predicted molar refractivity (Wildman–Crippen MR) is 71.0 cm³/mol. The highest BCUT2D eigenvalue weighted by atomic mass is 35.5. The van der Waals surface area contributed by atoms with E-state index < -0.39 is 0 Å². The van der Waals surface area contributed by atoms with E-state index >= 15 is 0 Å². The maximum absolute atomic E-state index is 11.0. The molecule has 0 aromatic heterocycles. The van der Waals surface area contributed by atoms with Crippen LogP contribution >= 0.6 is 11.6 Å². The summed E-state index contributed by atoms with van der Waals surface area (Å²) in [6.45, 7) is 6.86. The second-order valence-electron chi connectivity index (χ2n) is 5.05. The minimum absolute atomic E-state index is 0.0126. The number of Topliss-reactive ketones (excluding diaryl/α,β-unsaturated/α-hetero) is 1. The molecule has 94 valence electrons. The monoisotopic (exact) mass is 254 g/mol. The highest BCUT2D eigenvalue weighted by molar-refractivity contribution is 6.27. The van der Waals surface area contributed by atoms with Crippen molar-refractivity contribution in [2.24, 2.45) is 0 Å². The van der Waals surface area contributed by atoms with E-state index in [0.29, 0.717) is 13.0 Å². The minimum atomic E-state index is 0.0126. The largest absolute Gasteiger partial charge is 0.493 e. The van der Waals surface area contributed by atoms with Crippen LogP contribution in [0.2, 0.25) is 0 Å². The van der Waals surface area contributed by atoms with Gasteiger partial charge in [-0.2, -0.15) is 0 Å². The topological polar surface area (TPSA) is 26.3 Å². The minimum Gasteiger partial charge on any atom is -0.493 e. The molecule has 17 heavy (non-hydrogen) atoms. The first-order valence-electron chi connectivity index (χ1n) is 5.74. The Morgan fingerprint density at radius 3 is 2.65 bits per heavy atom. The van der Waals surface area contributed by atoms with E-state index in [4.69, 9.17) is 16.3 Å². The molecular weight excluding hydrogens is 236 g/mol. The van der Waals surface area contributed by atoms with E-state index in [-0.39, 0.29) is 17.1 Å². The maximum Gasteiger partial charge on any atom is 0.150 e. The van der Waals surface area contributed by atoms with Gasteiger partial charge in [0.1, 0.15) is 5.75 Å². The molecule has 0 bridgehead atoms. The third kappa shape index (κ3) is 4.78. The Labute approximate surface area is 108 Å². The number of halogens is 1. The first kappa shape index (κ1) is 14.0. The Kier molecular flexibility index (Phi) is 5.01. The smallest absolute Gasteiger partial charge is 0.150 e. The van der Waals surface area contributed by atoms with Crippen molar-refractivity contribution >= 4 is 17.4 Å². The second kappa shape index (κ2) is 6.06. The molecule has 0 aliphatic heterocycles. The number of ketones is 1. The van der Waals surface area contributed by atoms with Gasteiger partial charge in [-0.15, -0.1) is 11.6 Å². The highest BCUT2D eigenvalue weighted by Gasteiger charge is 2.13. The average molecular weight is 255 g/mol. The molecule has 0 saturated carbocycles. The number of carbonyl (C=O) groups is 1. The summed E-state index contributed by atoms with van der Waals surface area (Å²) in [5.74, 6) is 0.879. The summed E-state index contributed by atoms with van der Waals surface area (Å²) in [5.41, 5.74) is 1.32. The standard InChI is InChI=1S/C14H19ClO2/c1-14(2,3)11-5-4-6-13(9-11)17-8-7-12(16)10-15/h4-6,9H,7-8,10H2,1-3H3. The van der Waals surface area contributed by atoms with Crippen LogP contribution in [0.1, 0.15) is 32.8 Å². The molecule has 0 atom stereocenters. The van der Waals surface area contributed by atoms with Crippen molar-refractivity contribution in [3.8, 4) is 5.75 Å². The van der Waals surface area contributed by atoms with Crippen molar-refractivity contribution in [1.29, 1.82) is 0 Å². The van der Waals surface area contributed by atoms with Gasteiger partial charge in [-0.3, -0.25) is 4.79 Å². The van der Waals surface area contributed by atoms with E-state index in [2.05, 4.69) is 26.8 Å². The van der Waals surface area contributed by atoms with Crippen molar-refractivity contribution in [2.75, 3.05) is 12.5 Å².